The van der Waals surface area contributed by atoms with Crippen molar-refractivity contribution >= 4 is 11.8 Å². The maximum absolute atomic E-state index is 14.6. The number of carbonyl (C=O) groups excluding carboxylic acids is 1. The van der Waals surface area contributed by atoms with Crippen LogP contribution in [0.2, 0.25) is 0 Å². The molecule has 118 valence electrons. The van der Waals surface area contributed by atoms with Crippen LogP contribution in [-0.2, 0) is 10.3 Å². The molecule has 2 fully saturated rings. The highest BCUT2D eigenvalue weighted by atomic mass is 19.1. The fourth-order valence-electron chi connectivity index (χ4n) is 3.61. The number of halogens is 1. The summed E-state index contributed by atoms with van der Waals surface area (Å²) in [7, 11) is 2.08. The summed E-state index contributed by atoms with van der Waals surface area (Å²) in [6.45, 7) is 3.57. The Bertz CT molecular complexity index is 584. The summed E-state index contributed by atoms with van der Waals surface area (Å²) in [5, 5.41) is 0. The molecule has 1 saturated heterocycles. The molecule has 0 unspecified atom stereocenters. The Morgan fingerprint density at radius 3 is 2.45 bits per heavy atom. The molecule has 4 nitrogen and oxygen atoms in total. The Morgan fingerprint density at radius 1 is 1.18 bits per heavy atom. The van der Waals surface area contributed by atoms with Crippen molar-refractivity contribution in [3.8, 4) is 0 Å². The second kappa shape index (κ2) is 6.19. The van der Waals surface area contributed by atoms with E-state index in [0.717, 1.165) is 57.4 Å². The Hall–Kier alpha value is -1.71. The third-order valence-electron chi connectivity index (χ3n) is 5.02. The SMILES string of the molecule is CN1CCN(c2ccc(C3(N=C=O)CCCC3)cc2F)CC1. The lowest BCUT2D eigenvalue weighted by molar-refractivity contribution is 0.311. The van der Waals surface area contributed by atoms with Crippen LogP contribution in [0.25, 0.3) is 0 Å². The van der Waals surface area contributed by atoms with Crippen LogP contribution in [-0.4, -0.2) is 44.2 Å². The van der Waals surface area contributed by atoms with Crippen molar-refractivity contribution in [3.05, 3.63) is 29.6 Å². The maximum atomic E-state index is 14.6. The molecule has 0 N–H and O–H groups in total. The summed E-state index contributed by atoms with van der Waals surface area (Å²) >= 11 is 0. The van der Waals surface area contributed by atoms with Crippen LogP contribution in [0.3, 0.4) is 0 Å². The highest BCUT2D eigenvalue weighted by molar-refractivity contribution is 5.51. The largest absolute Gasteiger partial charge is 0.367 e. The second-order valence-corrected chi connectivity index (χ2v) is 6.40. The second-order valence-electron chi connectivity index (χ2n) is 6.40. The van der Waals surface area contributed by atoms with Gasteiger partial charge in [0.15, 0.2) is 0 Å². The van der Waals surface area contributed by atoms with E-state index in [4.69, 9.17) is 0 Å². The van der Waals surface area contributed by atoms with Gasteiger partial charge >= 0.3 is 0 Å². The molecule has 3 rings (SSSR count). The number of nitrogens with zero attached hydrogens (tertiary/aromatic N) is 3. The number of hydrogen-bond donors (Lipinski definition) is 0. The predicted molar refractivity (Wildman–Crippen MR) is 84.4 cm³/mol. The molecular formula is C17H22FN3O. The minimum absolute atomic E-state index is 0.213. The average molecular weight is 303 g/mol. The highest BCUT2D eigenvalue weighted by Crippen LogP contribution is 2.43. The van der Waals surface area contributed by atoms with Crippen molar-refractivity contribution in [2.24, 2.45) is 4.99 Å². The van der Waals surface area contributed by atoms with Gasteiger partial charge in [0.05, 0.1) is 11.2 Å². The summed E-state index contributed by atoms with van der Waals surface area (Å²) in [4.78, 5) is 19.1. The van der Waals surface area contributed by atoms with Crippen molar-refractivity contribution in [2.45, 2.75) is 31.2 Å². The molecule has 1 aromatic carbocycles. The van der Waals surface area contributed by atoms with Gasteiger partial charge in [-0.25, -0.2) is 9.18 Å². The molecule has 1 aliphatic heterocycles. The number of aliphatic imine (C=N–C) groups is 1. The number of piperazine rings is 1. The molecule has 0 bridgehead atoms. The monoisotopic (exact) mass is 303 g/mol. The summed E-state index contributed by atoms with van der Waals surface area (Å²) in [6, 6.07) is 5.35. The molecule has 2 aliphatic rings. The molecule has 1 saturated carbocycles. The zero-order valence-corrected chi connectivity index (χ0v) is 13.0. The van der Waals surface area contributed by atoms with E-state index < -0.39 is 5.54 Å². The summed E-state index contributed by atoms with van der Waals surface area (Å²) in [5.41, 5.74) is 0.910. The molecule has 1 aromatic rings. The first-order chi connectivity index (χ1) is 10.6. The fraction of sp³-hybridized carbons (Fsp3) is 0.588. The van der Waals surface area contributed by atoms with Gasteiger partial charge in [0.2, 0.25) is 6.08 Å². The van der Waals surface area contributed by atoms with E-state index >= 15 is 0 Å². The molecule has 1 aliphatic carbocycles. The van der Waals surface area contributed by atoms with Crippen molar-refractivity contribution in [3.63, 3.8) is 0 Å². The number of isocyanates is 1. The Kier molecular flexibility index (Phi) is 4.27. The van der Waals surface area contributed by atoms with Gasteiger partial charge in [0.25, 0.3) is 0 Å². The van der Waals surface area contributed by atoms with Gasteiger partial charge in [-0.3, -0.25) is 0 Å². The van der Waals surface area contributed by atoms with E-state index in [1.165, 1.54) is 0 Å². The first-order valence-corrected chi connectivity index (χ1v) is 7.97. The Balaban J connectivity index is 1.87. The summed E-state index contributed by atoms with van der Waals surface area (Å²) in [6.07, 6.45) is 5.33. The van der Waals surface area contributed by atoms with E-state index in [1.54, 1.807) is 12.1 Å². The topological polar surface area (TPSA) is 35.9 Å². The van der Waals surface area contributed by atoms with Crippen molar-refractivity contribution in [1.29, 1.82) is 0 Å². The highest BCUT2D eigenvalue weighted by Gasteiger charge is 2.36. The molecule has 0 aromatic heterocycles. The van der Waals surface area contributed by atoms with Crippen molar-refractivity contribution < 1.29 is 9.18 Å². The van der Waals surface area contributed by atoms with Crippen LogP contribution in [0.5, 0.6) is 0 Å². The number of rotatable bonds is 3. The zero-order chi connectivity index (χ0) is 15.6. The van der Waals surface area contributed by atoms with Gasteiger partial charge in [-0.1, -0.05) is 18.9 Å². The van der Waals surface area contributed by atoms with E-state index in [1.807, 2.05) is 12.1 Å². The predicted octanol–water partition coefficient (Wildman–Crippen LogP) is 2.68. The molecular weight excluding hydrogens is 281 g/mol. The quantitative estimate of drug-likeness (QED) is 0.636. The van der Waals surface area contributed by atoms with Gasteiger partial charge in [-0.05, 0) is 37.6 Å². The molecule has 5 heteroatoms. The molecule has 0 atom stereocenters. The lowest BCUT2D eigenvalue weighted by atomic mass is 9.88. The van der Waals surface area contributed by atoms with E-state index in [-0.39, 0.29) is 5.82 Å². The molecule has 0 amide bonds. The van der Waals surface area contributed by atoms with Gasteiger partial charge in [-0.15, -0.1) is 0 Å². The first-order valence-electron chi connectivity index (χ1n) is 7.97. The van der Waals surface area contributed by atoms with Gasteiger partial charge < -0.3 is 9.80 Å². The van der Waals surface area contributed by atoms with Crippen LogP contribution in [0.4, 0.5) is 10.1 Å². The van der Waals surface area contributed by atoms with Crippen molar-refractivity contribution in [1.82, 2.24) is 4.90 Å². The van der Waals surface area contributed by atoms with Gasteiger partial charge in [0, 0.05) is 26.2 Å². The van der Waals surface area contributed by atoms with Gasteiger partial charge in [0.1, 0.15) is 5.82 Å². The van der Waals surface area contributed by atoms with Crippen molar-refractivity contribution in [2.75, 3.05) is 38.1 Å². The van der Waals surface area contributed by atoms with Crippen LogP contribution >= 0.6 is 0 Å². The average Bonchev–Trinajstić information content (AvgIpc) is 2.98. The van der Waals surface area contributed by atoms with Crippen LogP contribution < -0.4 is 4.90 Å². The number of benzene rings is 1. The van der Waals surface area contributed by atoms with E-state index in [2.05, 4.69) is 21.8 Å². The lowest BCUT2D eigenvalue weighted by Crippen LogP contribution is -2.44. The molecule has 0 radical (unpaired) electrons. The third-order valence-corrected chi connectivity index (χ3v) is 5.02. The maximum Gasteiger partial charge on any atom is 0.235 e. The van der Waals surface area contributed by atoms with E-state index in [9.17, 15) is 9.18 Å². The Labute approximate surface area is 130 Å². The van der Waals surface area contributed by atoms with Crippen LogP contribution in [0.1, 0.15) is 31.2 Å². The summed E-state index contributed by atoms with van der Waals surface area (Å²) in [5.74, 6) is -0.213. The first kappa shape index (κ1) is 15.2. The standard InChI is InChI=1S/C17H22FN3O/c1-20-8-10-21(11-9-20)16-5-4-14(12-15(16)18)17(19-13-22)6-2-3-7-17/h4-5,12H,2-3,6-11H2,1H3. The molecule has 1 heterocycles. The normalized spacial score (nSPS) is 21.6. The van der Waals surface area contributed by atoms with Gasteiger partial charge in [-0.2, -0.15) is 4.99 Å². The van der Waals surface area contributed by atoms with E-state index in [0.29, 0.717) is 5.69 Å². The third kappa shape index (κ3) is 2.79. The summed E-state index contributed by atoms with van der Waals surface area (Å²) < 4.78 is 14.6. The number of anilines is 1. The molecule has 22 heavy (non-hydrogen) atoms. The number of likely N-dealkylation sites (N-methyl/N-ethyl adjacent to an activating group) is 1. The van der Waals surface area contributed by atoms with Crippen LogP contribution in [0.15, 0.2) is 23.2 Å². The van der Waals surface area contributed by atoms with Crippen LogP contribution in [0, 0.1) is 5.82 Å². The molecule has 0 spiro atoms. The minimum atomic E-state index is -0.552. The lowest BCUT2D eigenvalue weighted by Gasteiger charge is -2.34. The zero-order valence-electron chi connectivity index (χ0n) is 13.0. The fourth-order valence-corrected chi connectivity index (χ4v) is 3.61. The Morgan fingerprint density at radius 2 is 1.86 bits per heavy atom. The minimum Gasteiger partial charge on any atom is -0.367 e. The number of hydrogen-bond acceptors (Lipinski definition) is 4. The smallest absolute Gasteiger partial charge is 0.235 e.